The second-order valence-electron chi connectivity index (χ2n) is 6.77. The average molecular weight is 456 g/mol. The number of nitrogens with zero attached hydrogens (tertiary/aromatic N) is 2. The number of rotatable bonds is 8. The van der Waals surface area contributed by atoms with Crippen LogP contribution in [0, 0.1) is 0 Å². The van der Waals surface area contributed by atoms with Gasteiger partial charge in [0, 0.05) is 16.3 Å². The summed E-state index contributed by atoms with van der Waals surface area (Å²) in [6.45, 7) is 5.54. The van der Waals surface area contributed by atoms with E-state index in [4.69, 9.17) is 21.1 Å². The van der Waals surface area contributed by atoms with E-state index in [0.29, 0.717) is 41.1 Å². The van der Waals surface area contributed by atoms with E-state index >= 15 is 0 Å². The van der Waals surface area contributed by atoms with Crippen LogP contribution in [-0.4, -0.2) is 28.9 Å². The van der Waals surface area contributed by atoms with Crippen molar-refractivity contribution < 1.29 is 14.3 Å². The van der Waals surface area contributed by atoms with Gasteiger partial charge in [0.2, 0.25) is 0 Å². The summed E-state index contributed by atoms with van der Waals surface area (Å²) in [7, 11) is 0. The van der Waals surface area contributed by atoms with E-state index in [2.05, 4.69) is 10.4 Å². The van der Waals surface area contributed by atoms with E-state index in [1.54, 1.807) is 17.1 Å². The van der Waals surface area contributed by atoms with Crippen LogP contribution >= 0.6 is 22.9 Å². The number of carbonyl (C=O) groups is 1. The van der Waals surface area contributed by atoms with Crippen molar-refractivity contribution in [2.75, 3.05) is 18.5 Å². The molecule has 2 aromatic heterocycles. The van der Waals surface area contributed by atoms with Crippen LogP contribution in [0.25, 0.3) is 10.1 Å². The minimum atomic E-state index is -0.245. The Morgan fingerprint density at radius 1 is 1.13 bits per heavy atom. The minimum Gasteiger partial charge on any atom is -0.490 e. The van der Waals surface area contributed by atoms with Crippen LogP contribution in [0.2, 0.25) is 5.02 Å². The molecule has 4 rings (SSSR count). The van der Waals surface area contributed by atoms with E-state index in [1.807, 2.05) is 56.3 Å². The molecule has 0 bridgehead atoms. The summed E-state index contributed by atoms with van der Waals surface area (Å²) >= 11 is 7.79. The SMILES string of the molecule is CCOc1ccc(Cn2cc(NC(=O)c3sc4ccccc4c3Cl)cn2)cc1OCC. The highest BCUT2D eigenvalue weighted by Gasteiger charge is 2.17. The molecule has 1 N–H and O–H groups in total. The van der Waals surface area contributed by atoms with Crippen LogP contribution in [0.15, 0.2) is 54.9 Å². The molecule has 4 aromatic rings. The molecule has 31 heavy (non-hydrogen) atoms. The molecule has 0 saturated carbocycles. The molecule has 2 aromatic carbocycles. The van der Waals surface area contributed by atoms with Gasteiger partial charge in [-0.2, -0.15) is 5.10 Å². The van der Waals surface area contributed by atoms with E-state index in [9.17, 15) is 4.79 Å². The summed E-state index contributed by atoms with van der Waals surface area (Å²) in [5.41, 5.74) is 1.62. The van der Waals surface area contributed by atoms with Crippen LogP contribution in [-0.2, 0) is 6.54 Å². The standard InChI is InChI=1S/C23H22ClN3O3S/c1-3-29-18-10-9-15(11-19(18)30-4-2)13-27-14-16(12-25-27)26-23(28)22-21(24)17-7-5-6-8-20(17)31-22/h5-12,14H,3-4,13H2,1-2H3,(H,26,28). The van der Waals surface area contributed by atoms with Gasteiger partial charge in [-0.3, -0.25) is 9.48 Å². The molecular formula is C23H22ClN3O3S. The van der Waals surface area contributed by atoms with Gasteiger partial charge in [0.25, 0.3) is 5.91 Å². The Balaban J connectivity index is 1.47. The first-order chi connectivity index (χ1) is 15.1. The third kappa shape index (κ3) is 4.68. The highest BCUT2D eigenvalue weighted by Crippen LogP contribution is 2.35. The maximum atomic E-state index is 12.7. The number of nitrogens with one attached hydrogen (secondary N) is 1. The topological polar surface area (TPSA) is 65.4 Å². The summed E-state index contributed by atoms with van der Waals surface area (Å²) in [5, 5.41) is 8.60. The summed E-state index contributed by atoms with van der Waals surface area (Å²) in [4.78, 5) is 13.2. The van der Waals surface area contributed by atoms with E-state index < -0.39 is 0 Å². The highest BCUT2D eigenvalue weighted by molar-refractivity contribution is 7.21. The van der Waals surface area contributed by atoms with Gasteiger partial charge in [-0.25, -0.2) is 0 Å². The van der Waals surface area contributed by atoms with Crippen molar-refractivity contribution in [3.05, 3.63) is 70.3 Å². The predicted molar refractivity (Wildman–Crippen MR) is 125 cm³/mol. The van der Waals surface area contributed by atoms with Gasteiger partial charge in [-0.05, 0) is 37.6 Å². The number of anilines is 1. The quantitative estimate of drug-likeness (QED) is 0.362. The minimum absolute atomic E-state index is 0.245. The van der Waals surface area contributed by atoms with Gasteiger partial charge in [-0.15, -0.1) is 11.3 Å². The van der Waals surface area contributed by atoms with E-state index in [1.165, 1.54) is 11.3 Å². The zero-order chi connectivity index (χ0) is 21.8. The van der Waals surface area contributed by atoms with Gasteiger partial charge in [0.15, 0.2) is 11.5 Å². The number of thiophene rings is 1. The molecule has 0 unspecified atom stereocenters. The Bertz CT molecular complexity index is 1220. The molecule has 0 radical (unpaired) electrons. The third-order valence-electron chi connectivity index (χ3n) is 4.58. The number of fused-ring (bicyclic) bond motifs is 1. The van der Waals surface area contributed by atoms with Gasteiger partial charge in [0.1, 0.15) is 4.88 Å². The lowest BCUT2D eigenvalue weighted by Crippen LogP contribution is -2.10. The van der Waals surface area contributed by atoms with E-state index in [-0.39, 0.29) is 5.91 Å². The van der Waals surface area contributed by atoms with Crippen molar-refractivity contribution in [2.45, 2.75) is 20.4 Å². The van der Waals surface area contributed by atoms with Gasteiger partial charge in [0.05, 0.1) is 36.7 Å². The molecule has 8 heteroatoms. The summed E-state index contributed by atoms with van der Waals surface area (Å²) in [6, 6.07) is 13.5. The zero-order valence-electron chi connectivity index (χ0n) is 17.2. The Morgan fingerprint density at radius 2 is 1.90 bits per heavy atom. The fraction of sp³-hybridized carbons (Fsp3) is 0.217. The zero-order valence-corrected chi connectivity index (χ0v) is 18.8. The second-order valence-corrected chi connectivity index (χ2v) is 8.20. The van der Waals surface area contributed by atoms with Crippen molar-refractivity contribution in [3.8, 4) is 11.5 Å². The number of ether oxygens (including phenoxy) is 2. The lowest BCUT2D eigenvalue weighted by molar-refractivity contribution is 0.103. The fourth-order valence-corrected chi connectivity index (χ4v) is 4.66. The van der Waals surface area contributed by atoms with Crippen LogP contribution in [0.4, 0.5) is 5.69 Å². The maximum Gasteiger partial charge on any atom is 0.267 e. The number of hydrogen-bond acceptors (Lipinski definition) is 5. The number of amides is 1. The first kappa shape index (κ1) is 21.2. The molecule has 2 heterocycles. The largest absolute Gasteiger partial charge is 0.490 e. The van der Waals surface area contributed by atoms with Crippen molar-refractivity contribution in [3.63, 3.8) is 0 Å². The smallest absolute Gasteiger partial charge is 0.267 e. The lowest BCUT2D eigenvalue weighted by Gasteiger charge is -2.12. The fourth-order valence-electron chi connectivity index (χ4n) is 3.24. The Morgan fingerprint density at radius 3 is 2.68 bits per heavy atom. The molecule has 0 spiro atoms. The van der Waals surface area contributed by atoms with Crippen LogP contribution in [0.5, 0.6) is 11.5 Å². The molecule has 0 aliphatic rings. The van der Waals surface area contributed by atoms with E-state index in [0.717, 1.165) is 21.4 Å². The second kappa shape index (κ2) is 9.41. The number of aromatic nitrogens is 2. The van der Waals surface area contributed by atoms with Crippen LogP contribution < -0.4 is 14.8 Å². The molecule has 0 aliphatic heterocycles. The molecule has 0 saturated heterocycles. The van der Waals surface area contributed by atoms with Crippen molar-refractivity contribution in [1.82, 2.24) is 9.78 Å². The normalized spacial score (nSPS) is 10.9. The number of benzene rings is 2. The third-order valence-corrected chi connectivity index (χ3v) is 6.26. The molecule has 0 aliphatic carbocycles. The van der Waals surface area contributed by atoms with Crippen molar-refractivity contribution in [2.24, 2.45) is 0 Å². The summed E-state index contributed by atoms with van der Waals surface area (Å²) < 4.78 is 14.0. The average Bonchev–Trinajstić information content (AvgIpc) is 3.34. The summed E-state index contributed by atoms with van der Waals surface area (Å²) in [6.07, 6.45) is 3.41. The highest BCUT2D eigenvalue weighted by atomic mass is 35.5. The maximum absolute atomic E-state index is 12.7. The Kier molecular flexibility index (Phi) is 6.44. The number of halogens is 1. The molecule has 6 nitrogen and oxygen atoms in total. The van der Waals surface area contributed by atoms with Crippen molar-refractivity contribution in [1.29, 1.82) is 0 Å². The molecular weight excluding hydrogens is 434 g/mol. The molecule has 1 amide bonds. The van der Waals surface area contributed by atoms with Gasteiger partial charge < -0.3 is 14.8 Å². The summed E-state index contributed by atoms with van der Waals surface area (Å²) in [5.74, 6) is 1.19. The first-order valence-corrected chi connectivity index (χ1v) is 11.2. The number of hydrogen-bond donors (Lipinski definition) is 1. The number of carbonyl (C=O) groups excluding carboxylic acids is 1. The Hall–Kier alpha value is -3.03. The Labute approximate surface area is 189 Å². The van der Waals surface area contributed by atoms with Gasteiger partial charge in [-0.1, -0.05) is 35.9 Å². The van der Waals surface area contributed by atoms with Crippen LogP contribution in [0.3, 0.4) is 0 Å². The van der Waals surface area contributed by atoms with Crippen LogP contribution in [0.1, 0.15) is 29.1 Å². The first-order valence-electron chi connectivity index (χ1n) is 9.98. The molecule has 160 valence electrons. The molecule has 0 atom stereocenters. The molecule has 0 fully saturated rings. The van der Waals surface area contributed by atoms with Gasteiger partial charge >= 0.3 is 0 Å². The van der Waals surface area contributed by atoms with Crippen molar-refractivity contribution >= 4 is 44.6 Å². The lowest BCUT2D eigenvalue weighted by atomic mass is 10.2. The monoisotopic (exact) mass is 455 g/mol. The predicted octanol–water partition coefficient (Wildman–Crippen LogP) is 5.85.